The SMILES string of the molecule is CCOc1ccc(C2Nc3ccccc3NC3=C2C(=O)CC(C)(C)C3)cc1. The summed E-state index contributed by atoms with van der Waals surface area (Å²) in [4.78, 5) is 13.1. The smallest absolute Gasteiger partial charge is 0.163 e. The van der Waals surface area contributed by atoms with Gasteiger partial charge in [-0.15, -0.1) is 0 Å². The van der Waals surface area contributed by atoms with E-state index < -0.39 is 0 Å². The van der Waals surface area contributed by atoms with Crippen molar-refractivity contribution in [3.63, 3.8) is 0 Å². The monoisotopic (exact) mass is 362 g/mol. The van der Waals surface area contributed by atoms with Crippen LogP contribution in [-0.4, -0.2) is 12.4 Å². The standard InChI is InChI=1S/C23H26N2O2/c1-4-27-16-11-9-15(10-12-16)22-21-19(13-23(2,3)14-20(21)26)24-17-7-5-6-8-18(17)25-22/h5-12,22,24-25H,4,13-14H2,1-3H3. The molecule has 0 saturated heterocycles. The fourth-order valence-corrected chi connectivity index (χ4v) is 4.06. The number of carbonyl (C=O) groups excluding carboxylic acids is 1. The average Bonchev–Trinajstić information content (AvgIpc) is 2.78. The van der Waals surface area contributed by atoms with Gasteiger partial charge in [0.15, 0.2) is 5.78 Å². The number of anilines is 2. The number of ether oxygens (including phenoxy) is 1. The zero-order valence-corrected chi connectivity index (χ0v) is 16.1. The van der Waals surface area contributed by atoms with E-state index in [1.807, 2.05) is 43.3 Å². The van der Waals surface area contributed by atoms with Crippen molar-refractivity contribution in [1.82, 2.24) is 0 Å². The molecule has 4 nitrogen and oxygen atoms in total. The maximum Gasteiger partial charge on any atom is 0.163 e. The van der Waals surface area contributed by atoms with Crippen molar-refractivity contribution >= 4 is 17.2 Å². The Morgan fingerprint density at radius 3 is 2.44 bits per heavy atom. The predicted molar refractivity (Wildman–Crippen MR) is 109 cm³/mol. The number of benzene rings is 2. The van der Waals surface area contributed by atoms with Crippen LogP contribution in [0.5, 0.6) is 5.75 Å². The zero-order valence-electron chi connectivity index (χ0n) is 16.1. The third-order valence-corrected chi connectivity index (χ3v) is 5.25. The molecule has 1 unspecified atom stereocenters. The van der Waals surface area contributed by atoms with Crippen LogP contribution in [0, 0.1) is 5.41 Å². The third-order valence-electron chi connectivity index (χ3n) is 5.25. The number of hydrogen-bond acceptors (Lipinski definition) is 4. The van der Waals surface area contributed by atoms with Crippen molar-refractivity contribution in [2.24, 2.45) is 5.41 Å². The lowest BCUT2D eigenvalue weighted by molar-refractivity contribution is -0.118. The third kappa shape index (κ3) is 3.44. The molecule has 2 N–H and O–H groups in total. The fourth-order valence-electron chi connectivity index (χ4n) is 4.06. The first-order valence-corrected chi connectivity index (χ1v) is 9.58. The Bertz CT molecular complexity index is 897. The molecule has 4 heteroatoms. The van der Waals surface area contributed by atoms with Crippen molar-refractivity contribution in [3.8, 4) is 5.75 Å². The number of carbonyl (C=O) groups is 1. The largest absolute Gasteiger partial charge is 0.494 e. The van der Waals surface area contributed by atoms with Crippen LogP contribution in [-0.2, 0) is 4.79 Å². The quantitative estimate of drug-likeness (QED) is 0.777. The Morgan fingerprint density at radius 1 is 1.04 bits per heavy atom. The van der Waals surface area contributed by atoms with Gasteiger partial charge in [0.05, 0.1) is 24.0 Å². The topological polar surface area (TPSA) is 50.4 Å². The lowest BCUT2D eigenvalue weighted by Gasteiger charge is -2.34. The summed E-state index contributed by atoms with van der Waals surface area (Å²) < 4.78 is 5.57. The molecule has 0 amide bonds. The summed E-state index contributed by atoms with van der Waals surface area (Å²) in [6.07, 6.45) is 1.43. The first-order valence-electron chi connectivity index (χ1n) is 9.58. The molecule has 0 radical (unpaired) electrons. The van der Waals surface area contributed by atoms with Gasteiger partial charge in [0.1, 0.15) is 5.75 Å². The Labute approximate surface area is 160 Å². The van der Waals surface area contributed by atoms with Gasteiger partial charge >= 0.3 is 0 Å². The summed E-state index contributed by atoms with van der Waals surface area (Å²) >= 11 is 0. The van der Waals surface area contributed by atoms with E-state index in [2.05, 4.69) is 36.6 Å². The molecular formula is C23H26N2O2. The van der Waals surface area contributed by atoms with Gasteiger partial charge in [0.25, 0.3) is 0 Å². The second-order valence-electron chi connectivity index (χ2n) is 8.08. The molecule has 2 aliphatic rings. The number of ketones is 1. The molecule has 0 saturated carbocycles. The van der Waals surface area contributed by atoms with Crippen molar-refractivity contribution in [2.45, 2.75) is 39.7 Å². The van der Waals surface area contributed by atoms with Crippen LogP contribution < -0.4 is 15.4 Å². The summed E-state index contributed by atoms with van der Waals surface area (Å²) in [5, 5.41) is 7.15. The minimum Gasteiger partial charge on any atom is -0.494 e. The highest BCUT2D eigenvalue weighted by Gasteiger charge is 2.38. The summed E-state index contributed by atoms with van der Waals surface area (Å²) in [6.45, 7) is 6.93. The van der Waals surface area contributed by atoms with Crippen LogP contribution in [0.25, 0.3) is 0 Å². The lowest BCUT2D eigenvalue weighted by Crippen LogP contribution is -2.31. The summed E-state index contributed by atoms with van der Waals surface area (Å²) in [6, 6.07) is 16.0. The van der Waals surface area contributed by atoms with Crippen molar-refractivity contribution in [2.75, 3.05) is 17.2 Å². The molecule has 0 aromatic heterocycles. The zero-order chi connectivity index (χ0) is 19.0. The van der Waals surface area contributed by atoms with Crippen molar-refractivity contribution < 1.29 is 9.53 Å². The lowest BCUT2D eigenvalue weighted by atomic mass is 9.73. The maximum absolute atomic E-state index is 13.1. The highest BCUT2D eigenvalue weighted by atomic mass is 16.5. The first kappa shape index (κ1) is 17.7. The Morgan fingerprint density at radius 2 is 1.74 bits per heavy atom. The molecule has 2 aromatic carbocycles. The van der Waals surface area contributed by atoms with E-state index in [0.717, 1.165) is 40.4 Å². The predicted octanol–water partition coefficient (Wildman–Crippen LogP) is 5.31. The average molecular weight is 362 g/mol. The molecule has 2 aromatic rings. The number of para-hydroxylation sites is 2. The summed E-state index contributed by atoms with van der Waals surface area (Å²) in [7, 11) is 0. The van der Waals surface area contributed by atoms with E-state index in [0.29, 0.717) is 13.0 Å². The van der Waals surface area contributed by atoms with Crippen LogP contribution in [0.15, 0.2) is 59.8 Å². The van der Waals surface area contributed by atoms with Gasteiger partial charge in [-0.25, -0.2) is 0 Å². The summed E-state index contributed by atoms with van der Waals surface area (Å²) in [5.41, 5.74) is 4.95. The molecule has 140 valence electrons. The van der Waals surface area contributed by atoms with E-state index in [4.69, 9.17) is 4.74 Å². The van der Waals surface area contributed by atoms with E-state index >= 15 is 0 Å². The van der Waals surface area contributed by atoms with Gasteiger partial charge in [0.2, 0.25) is 0 Å². The molecular weight excluding hydrogens is 336 g/mol. The van der Waals surface area contributed by atoms with Crippen LogP contribution in [0.4, 0.5) is 11.4 Å². The summed E-state index contributed by atoms with van der Waals surface area (Å²) in [5.74, 6) is 1.06. The Balaban J connectivity index is 1.81. The number of rotatable bonds is 3. The van der Waals surface area contributed by atoms with E-state index in [1.165, 1.54) is 0 Å². The van der Waals surface area contributed by atoms with E-state index in [9.17, 15) is 4.79 Å². The second-order valence-corrected chi connectivity index (χ2v) is 8.08. The second kappa shape index (κ2) is 6.76. The number of Topliss-reactive ketones (excluding diaryl/α,β-unsaturated/α-hetero) is 1. The van der Waals surface area contributed by atoms with Crippen LogP contribution in [0.2, 0.25) is 0 Å². The number of fused-ring (bicyclic) bond motifs is 1. The molecule has 0 fully saturated rings. The first-order chi connectivity index (χ1) is 13.0. The molecule has 27 heavy (non-hydrogen) atoms. The Hall–Kier alpha value is -2.75. The molecule has 1 heterocycles. The van der Waals surface area contributed by atoms with Gasteiger partial charge in [0, 0.05) is 17.7 Å². The molecule has 0 spiro atoms. The fraction of sp³-hybridized carbons (Fsp3) is 0.348. The van der Waals surface area contributed by atoms with E-state index in [-0.39, 0.29) is 17.2 Å². The number of hydrogen-bond donors (Lipinski definition) is 2. The van der Waals surface area contributed by atoms with Crippen LogP contribution in [0.3, 0.4) is 0 Å². The van der Waals surface area contributed by atoms with Crippen LogP contribution in [0.1, 0.15) is 45.2 Å². The Kier molecular flexibility index (Phi) is 4.42. The van der Waals surface area contributed by atoms with Gasteiger partial charge in [-0.1, -0.05) is 38.1 Å². The molecule has 1 atom stereocenters. The minimum atomic E-state index is -0.171. The minimum absolute atomic E-state index is 0.0361. The van der Waals surface area contributed by atoms with Gasteiger partial charge < -0.3 is 15.4 Å². The number of nitrogens with one attached hydrogen (secondary N) is 2. The highest BCUT2D eigenvalue weighted by molar-refractivity contribution is 6.01. The highest BCUT2D eigenvalue weighted by Crippen LogP contribution is 2.45. The van der Waals surface area contributed by atoms with Crippen LogP contribution >= 0.6 is 0 Å². The van der Waals surface area contributed by atoms with Crippen molar-refractivity contribution in [1.29, 1.82) is 0 Å². The van der Waals surface area contributed by atoms with Gasteiger partial charge in [-0.2, -0.15) is 0 Å². The van der Waals surface area contributed by atoms with Gasteiger partial charge in [-0.3, -0.25) is 4.79 Å². The normalized spacial score (nSPS) is 20.7. The van der Waals surface area contributed by atoms with Crippen molar-refractivity contribution in [3.05, 3.63) is 65.4 Å². The van der Waals surface area contributed by atoms with Gasteiger partial charge in [-0.05, 0) is 48.6 Å². The molecule has 1 aliphatic heterocycles. The molecule has 0 bridgehead atoms. The maximum atomic E-state index is 13.1. The molecule has 1 aliphatic carbocycles. The van der Waals surface area contributed by atoms with E-state index in [1.54, 1.807) is 0 Å². The molecule has 4 rings (SSSR count). The number of allylic oxidation sites excluding steroid dienone is 1.